The SMILES string of the molecule is C[C@@H]1CN(C(=O)CSc2nc3ccccc3n2CCc2ccccc2)C[C@@H](C)O1. The molecule has 3 aromatic rings. The molecule has 0 unspecified atom stereocenters. The molecule has 2 aromatic carbocycles. The number of hydrogen-bond acceptors (Lipinski definition) is 4. The lowest BCUT2D eigenvalue weighted by Gasteiger charge is -2.35. The molecule has 29 heavy (non-hydrogen) atoms. The second-order valence-electron chi connectivity index (χ2n) is 7.62. The van der Waals surface area contributed by atoms with Crippen molar-refractivity contribution in [3.8, 4) is 0 Å². The number of fused-ring (bicyclic) bond motifs is 1. The fourth-order valence-electron chi connectivity index (χ4n) is 3.86. The van der Waals surface area contributed by atoms with Crippen LogP contribution in [0.25, 0.3) is 11.0 Å². The first-order chi connectivity index (χ1) is 14.1. The van der Waals surface area contributed by atoms with Crippen molar-refractivity contribution in [3.05, 3.63) is 60.2 Å². The highest BCUT2D eigenvalue weighted by Crippen LogP contribution is 2.25. The average Bonchev–Trinajstić information content (AvgIpc) is 3.08. The van der Waals surface area contributed by atoms with Crippen molar-refractivity contribution >= 4 is 28.7 Å². The number of benzene rings is 2. The molecule has 0 spiro atoms. The number of amides is 1. The number of hydrogen-bond donors (Lipinski definition) is 0. The minimum atomic E-state index is 0.0862. The van der Waals surface area contributed by atoms with Gasteiger partial charge < -0.3 is 14.2 Å². The number of carbonyl (C=O) groups excluding carboxylic acids is 1. The molecular weight excluding hydrogens is 382 g/mol. The summed E-state index contributed by atoms with van der Waals surface area (Å²) in [6, 6.07) is 18.7. The quantitative estimate of drug-likeness (QED) is 0.577. The summed E-state index contributed by atoms with van der Waals surface area (Å²) < 4.78 is 7.99. The summed E-state index contributed by atoms with van der Waals surface area (Å²) in [4.78, 5) is 19.5. The zero-order valence-corrected chi connectivity index (χ0v) is 17.8. The predicted molar refractivity (Wildman–Crippen MR) is 117 cm³/mol. The van der Waals surface area contributed by atoms with E-state index in [0.29, 0.717) is 18.8 Å². The molecule has 4 rings (SSSR count). The average molecular weight is 410 g/mol. The Morgan fingerprint density at radius 3 is 2.52 bits per heavy atom. The number of imidazole rings is 1. The first-order valence-corrected chi connectivity index (χ1v) is 11.1. The number of aryl methyl sites for hydroxylation is 2. The summed E-state index contributed by atoms with van der Waals surface area (Å²) in [5, 5.41) is 0.907. The van der Waals surface area contributed by atoms with Crippen molar-refractivity contribution in [3.63, 3.8) is 0 Å². The van der Waals surface area contributed by atoms with E-state index in [1.54, 1.807) is 0 Å². The number of para-hydroxylation sites is 2. The van der Waals surface area contributed by atoms with E-state index in [1.165, 1.54) is 17.3 Å². The zero-order valence-electron chi connectivity index (χ0n) is 17.0. The van der Waals surface area contributed by atoms with Gasteiger partial charge >= 0.3 is 0 Å². The van der Waals surface area contributed by atoms with E-state index in [2.05, 4.69) is 34.9 Å². The summed E-state index contributed by atoms with van der Waals surface area (Å²) in [7, 11) is 0. The third-order valence-corrected chi connectivity index (χ3v) is 6.14. The van der Waals surface area contributed by atoms with E-state index >= 15 is 0 Å². The maximum Gasteiger partial charge on any atom is 0.233 e. The number of rotatable bonds is 6. The molecule has 1 aliphatic rings. The monoisotopic (exact) mass is 409 g/mol. The number of morpholine rings is 1. The minimum absolute atomic E-state index is 0.0862. The number of ether oxygens (including phenoxy) is 1. The maximum absolute atomic E-state index is 12.8. The molecule has 0 radical (unpaired) electrons. The lowest BCUT2D eigenvalue weighted by atomic mass is 10.1. The largest absolute Gasteiger partial charge is 0.372 e. The lowest BCUT2D eigenvalue weighted by Crippen LogP contribution is -2.48. The summed E-state index contributed by atoms with van der Waals surface area (Å²) in [5.74, 6) is 0.548. The van der Waals surface area contributed by atoms with E-state index < -0.39 is 0 Å². The number of thioether (sulfide) groups is 1. The van der Waals surface area contributed by atoms with Gasteiger partial charge in [0.25, 0.3) is 0 Å². The summed E-state index contributed by atoms with van der Waals surface area (Å²) in [6.45, 7) is 6.20. The third-order valence-electron chi connectivity index (χ3n) is 5.18. The molecule has 1 aromatic heterocycles. The van der Waals surface area contributed by atoms with Crippen LogP contribution in [0.1, 0.15) is 19.4 Å². The van der Waals surface area contributed by atoms with Crippen LogP contribution in [0.4, 0.5) is 0 Å². The van der Waals surface area contributed by atoms with Crippen molar-refractivity contribution in [2.24, 2.45) is 0 Å². The molecule has 5 nitrogen and oxygen atoms in total. The zero-order chi connectivity index (χ0) is 20.2. The topological polar surface area (TPSA) is 47.4 Å². The van der Waals surface area contributed by atoms with Gasteiger partial charge in [-0.3, -0.25) is 4.79 Å². The van der Waals surface area contributed by atoms with Gasteiger partial charge in [-0.2, -0.15) is 0 Å². The summed E-state index contributed by atoms with van der Waals surface area (Å²) in [6.07, 6.45) is 1.10. The van der Waals surface area contributed by atoms with Crippen molar-refractivity contribution in [1.29, 1.82) is 0 Å². The van der Waals surface area contributed by atoms with Gasteiger partial charge in [0.2, 0.25) is 5.91 Å². The summed E-state index contributed by atoms with van der Waals surface area (Å²) >= 11 is 1.53. The number of nitrogens with zero attached hydrogens (tertiary/aromatic N) is 3. The predicted octanol–water partition coefficient (Wildman–Crippen LogP) is 4.01. The molecule has 1 saturated heterocycles. The van der Waals surface area contributed by atoms with E-state index in [4.69, 9.17) is 9.72 Å². The Bertz CT molecular complexity index is 963. The van der Waals surface area contributed by atoms with E-state index in [-0.39, 0.29) is 18.1 Å². The standard InChI is InChI=1S/C23H27N3O2S/c1-17-14-25(15-18(2)28-17)22(27)16-29-23-24-20-10-6-7-11-21(20)26(23)13-12-19-8-4-3-5-9-19/h3-11,17-18H,12-16H2,1-2H3/t17-,18-/m1/s1. The van der Waals surface area contributed by atoms with Crippen LogP contribution in [0.5, 0.6) is 0 Å². The van der Waals surface area contributed by atoms with Gasteiger partial charge in [0.05, 0.1) is 29.0 Å². The second-order valence-corrected chi connectivity index (χ2v) is 8.56. The van der Waals surface area contributed by atoms with Crippen LogP contribution in [0.2, 0.25) is 0 Å². The van der Waals surface area contributed by atoms with Crippen LogP contribution < -0.4 is 0 Å². The minimum Gasteiger partial charge on any atom is -0.372 e. The lowest BCUT2D eigenvalue weighted by molar-refractivity contribution is -0.140. The first kappa shape index (κ1) is 20.0. The highest BCUT2D eigenvalue weighted by Gasteiger charge is 2.26. The smallest absolute Gasteiger partial charge is 0.233 e. The van der Waals surface area contributed by atoms with Crippen LogP contribution in [-0.4, -0.2) is 51.4 Å². The fourth-order valence-corrected chi connectivity index (χ4v) is 4.81. The Balaban J connectivity index is 1.48. The molecule has 0 N–H and O–H groups in total. The molecule has 1 aliphatic heterocycles. The molecule has 0 aliphatic carbocycles. The van der Waals surface area contributed by atoms with Crippen LogP contribution in [0.3, 0.4) is 0 Å². The molecule has 2 atom stereocenters. The van der Waals surface area contributed by atoms with Crippen molar-refractivity contribution in [2.45, 2.75) is 44.2 Å². The second kappa shape index (κ2) is 9.01. The Morgan fingerprint density at radius 1 is 1.07 bits per heavy atom. The number of carbonyl (C=O) groups is 1. The van der Waals surface area contributed by atoms with Crippen LogP contribution in [-0.2, 0) is 22.5 Å². The molecule has 0 bridgehead atoms. The molecule has 1 fully saturated rings. The van der Waals surface area contributed by atoms with Crippen LogP contribution in [0, 0.1) is 0 Å². The Labute approximate surface area is 176 Å². The van der Waals surface area contributed by atoms with Gasteiger partial charge in [0.1, 0.15) is 0 Å². The van der Waals surface area contributed by atoms with Crippen molar-refractivity contribution < 1.29 is 9.53 Å². The van der Waals surface area contributed by atoms with Gasteiger partial charge in [-0.15, -0.1) is 0 Å². The molecule has 0 saturated carbocycles. The van der Waals surface area contributed by atoms with Gasteiger partial charge in [-0.25, -0.2) is 4.98 Å². The highest BCUT2D eigenvalue weighted by atomic mass is 32.2. The van der Waals surface area contributed by atoms with Gasteiger partial charge in [0, 0.05) is 19.6 Å². The molecule has 6 heteroatoms. The third kappa shape index (κ3) is 4.82. The van der Waals surface area contributed by atoms with Crippen molar-refractivity contribution in [2.75, 3.05) is 18.8 Å². The van der Waals surface area contributed by atoms with E-state index in [1.807, 2.05) is 43.0 Å². The molecule has 2 heterocycles. The van der Waals surface area contributed by atoms with E-state index in [0.717, 1.165) is 29.2 Å². The van der Waals surface area contributed by atoms with Gasteiger partial charge in [-0.1, -0.05) is 54.2 Å². The molecular formula is C23H27N3O2S. The Kier molecular flexibility index (Phi) is 6.21. The van der Waals surface area contributed by atoms with E-state index in [9.17, 15) is 4.79 Å². The van der Waals surface area contributed by atoms with Crippen LogP contribution in [0.15, 0.2) is 59.8 Å². The Morgan fingerprint density at radius 2 is 1.76 bits per heavy atom. The number of aromatic nitrogens is 2. The molecule has 152 valence electrons. The fraction of sp³-hybridized carbons (Fsp3) is 0.391. The van der Waals surface area contributed by atoms with Crippen LogP contribution >= 0.6 is 11.8 Å². The van der Waals surface area contributed by atoms with Gasteiger partial charge in [-0.05, 0) is 38.0 Å². The van der Waals surface area contributed by atoms with Gasteiger partial charge in [0.15, 0.2) is 5.16 Å². The highest BCUT2D eigenvalue weighted by molar-refractivity contribution is 7.99. The summed E-state index contributed by atoms with van der Waals surface area (Å²) in [5.41, 5.74) is 3.39. The Hall–Kier alpha value is -2.31. The first-order valence-electron chi connectivity index (χ1n) is 10.2. The van der Waals surface area contributed by atoms with Crippen molar-refractivity contribution in [1.82, 2.24) is 14.5 Å². The maximum atomic E-state index is 12.8. The normalized spacial score (nSPS) is 19.6. The molecule has 1 amide bonds.